The predicted octanol–water partition coefficient (Wildman–Crippen LogP) is 2.21. The molecule has 0 spiro atoms. The number of rotatable bonds is 2. The molecule has 0 aromatic heterocycles. The Kier molecular flexibility index (Phi) is 4.01. The van der Waals surface area contributed by atoms with Crippen LogP contribution in [-0.2, 0) is 9.59 Å². The van der Waals surface area contributed by atoms with Gasteiger partial charge < -0.3 is 14.9 Å². The number of carbonyl (C=O) groups is 2. The van der Waals surface area contributed by atoms with Crippen molar-refractivity contribution in [2.45, 2.75) is 50.3 Å². The van der Waals surface area contributed by atoms with Gasteiger partial charge in [0.25, 0.3) is 0 Å². The first kappa shape index (κ1) is 15.9. The highest BCUT2D eigenvalue weighted by atomic mass is 35.5. The maximum absolute atomic E-state index is 13.0. The van der Waals surface area contributed by atoms with Gasteiger partial charge in [-0.2, -0.15) is 0 Å². The van der Waals surface area contributed by atoms with Crippen molar-refractivity contribution in [1.82, 2.24) is 4.90 Å². The molecular formula is C18H21ClN2O3. The molecule has 3 fully saturated rings. The van der Waals surface area contributed by atoms with E-state index in [2.05, 4.69) is 0 Å². The summed E-state index contributed by atoms with van der Waals surface area (Å²) in [5.74, 6) is -0.779. The molecule has 1 aromatic rings. The molecule has 2 amide bonds. The number of amides is 2. The van der Waals surface area contributed by atoms with Gasteiger partial charge in [0.05, 0.1) is 6.10 Å². The molecule has 6 heteroatoms. The molecule has 0 aliphatic carbocycles. The molecule has 128 valence electrons. The number of aliphatic hydroxyl groups is 1. The number of hydrogen-bond donors (Lipinski definition) is 1. The van der Waals surface area contributed by atoms with Crippen LogP contribution < -0.4 is 4.90 Å². The number of anilines is 1. The third kappa shape index (κ3) is 2.60. The summed E-state index contributed by atoms with van der Waals surface area (Å²) in [6.45, 7) is 0.543. The van der Waals surface area contributed by atoms with Gasteiger partial charge in [0.15, 0.2) is 0 Å². The van der Waals surface area contributed by atoms with E-state index >= 15 is 0 Å². The third-order valence-corrected chi connectivity index (χ3v) is 5.82. The van der Waals surface area contributed by atoms with E-state index in [9.17, 15) is 14.7 Å². The van der Waals surface area contributed by atoms with Gasteiger partial charge in [-0.1, -0.05) is 17.7 Å². The Balaban J connectivity index is 1.52. The van der Waals surface area contributed by atoms with Crippen molar-refractivity contribution in [2.24, 2.45) is 5.92 Å². The molecule has 5 nitrogen and oxygen atoms in total. The average Bonchev–Trinajstić information content (AvgIpc) is 3.05. The summed E-state index contributed by atoms with van der Waals surface area (Å²) in [6, 6.07) is 7.38. The summed E-state index contributed by atoms with van der Waals surface area (Å²) in [4.78, 5) is 29.3. The number of nitrogens with zero attached hydrogens (tertiary/aromatic N) is 2. The fraction of sp³-hybridized carbons (Fsp3) is 0.556. The van der Waals surface area contributed by atoms with Crippen LogP contribution in [0.15, 0.2) is 24.3 Å². The number of aliphatic hydroxyl groups excluding tert-OH is 1. The van der Waals surface area contributed by atoms with E-state index in [0.717, 1.165) is 18.5 Å². The van der Waals surface area contributed by atoms with Crippen molar-refractivity contribution in [2.75, 3.05) is 11.4 Å². The number of halogens is 1. The first-order chi connectivity index (χ1) is 11.5. The highest BCUT2D eigenvalue weighted by molar-refractivity contribution is 6.31. The molecule has 4 rings (SSSR count). The summed E-state index contributed by atoms with van der Waals surface area (Å²) in [5, 5.41) is 10.5. The molecule has 3 aliphatic rings. The standard InChI is InChI=1S/C18H21ClN2O3/c19-11-2-1-3-12(8-11)20-7-6-16(17(20)23)18(24)21-13-4-5-14(21)10-15(22)9-13/h1-3,8,13-16,22H,4-7,9-10H2. The van der Waals surface area contributed by atoms with Gasteiger partial charge in [-0.15, -0.1) is 0 Å². The van der Waals surface area contributed by atoms with E-state index in [4.69, 9.17) is 11.6 Å². The van der Waals surface area contributed by atoms with Crippen molar-refractivity contribution in [3.8, 4) is 0 Å². The predicted molar refractivity (Wildman–Crippen MR) is 90.8 cm³/mol. The fourth-order valence-electron chi connectivity index (χ4n) is 4.50. The number of fused-ring (bicyclic) bond motifs is 2. The van der Waals surface area contributed by atoms with Gasteiger partial charge in [0.1, 0.15) is 5.92 Å². The zero-order valence-electron chi connectivity index (χ0n) is 13.4. The van der Waals surface area contributed by atoms with Gasteiger partial charge in [0.2, 0.25) is 11.8 Å². The number of benzene rings is 1. The first-order valence-corrected chi connectivity index (χ1v) is 8.99. The van der Waals surface area contributed by atoms with Crippen LogP contribution in [0.2, 0.25) is 5.02 Å². The summed E-state index contributed by atoms with van der Waals surface area (Å²) in [7, 11) is 0. The molecule has 3 heterocycles. The number of carbonyl (C=O) groups excluding carboxylic acids is 2. The SMILES string of the molecule is O=C1C(C(=O)N2C3CCC2CC(O)C3)CCN1c1cccc(Cl)c1. The molecule has 3 atom stereocenters. The number of piperidine rings is 1. The Hall–Kier alpha value is -1.59. The Labute approximate surface area is 146 Å². The first-order valence-electron chi connectivity index (χ1n) is 8.62. The van der Waals surface area contributed by atoms with E-state index in [1.807, 2.05) is 17.0 Å². The summed E-state index contributed by atoms with van der Waals surface area (Å²) in [6.07, 6.45) is 3.39. The highest BCUT2D eigenvalue weighted by Gasteiger charge is 2.48. The lowest BCUT2D eigenvalue weighted by Crippen LogP contribution is -2.51. The second kappa shape index (κ2) is 6.05. The molecule has 2 bridgehead atoms. The van der Waals surface area contributed by atoms with Gasteiger partial charge >= 0.3 is 0 Å². The molecule has 0 radical (unpaired) electrons. The molecule has 3 aliphatic heterocycles. The summed E-state index contributed by atoms with van der Waals surface area (Å²) < 4.78 is 0. The van der Waals surface area contributed by atoms with E-state index in [0.29, 0.717) is 30.8 Å². The van der Waals surface area contributed by atoms with Crippen molar-refractivity contribution in [1.29, 1.82) is 0 Å². The van der Waals surface area contributed by atoms with E-state index in [-0.39, 0.29) is 30.0 Å². The van der Waals surface area contributed by atoms with Crippen LogP contribution in [0.1, 0.15) is 32.1 Å². The Morgan fingerprint density at radius 1 is 1.17 bits per heavy atom. The lowest BCUT2D eigenvalue weighted by molar-refractivity contribution is -0.145. The van der Waals surface area contributed by atoms with Crippen molar-refractivity contribution >= 4 is 29.1 Å². The van der Waals surface area contributed by atoms with Crippen LogP contribution in [0.3, 0.4) is 0 Å². The minimum Gasteiger partial charge on any atom is -0.393 e. The molecule has 1 N–H and O–H groups in total. The smallest absolute Gasteiger partial charge is 0.239 e. The molecule has 1 aromatic carbocycles. The lowest BCUT2D eigenvalue weighted by atomic mass is 9.96. The molecule has 3 unspecified atom stereocenters. The van der Waals surface area contributed by atoms with E-state index in [1.165, 1.54) is 0 Å². The van der Waals surface area contributed by atoms with Gasteiger partial charge in [-0.25, -0.2) is 0 Å². The van der Waals surface area contributed by atoms with E-state index in [1.54, 1.807) is 17.0 Å². The maximum atomic E-state index is 13.0. The van der Waals surface area contributed by atoms with Gasteiger partial charge in [-0.05, 0) is 50.3 Å². The summed E-state index contributed by atoms with van der Waals surface area (Å²) >= 11 is 6.02. The van der Waals surface area contributed by atoms with Crippen LogP contribution in [-0.4, -0.2) is 46.6 Å². The van der Waals surface area contributed by atoms with Gasteiger partial charge in [-0.3, -0.25) is 9.59 Å². The van der Waals surface area contributed by atoms with Crippen molar-refractivity contribution in [3.05, 3.63) is 29.3 Å². The molecule has 3 saturated heterocycles. The highest BCUT2D eigenvalue weighted by Crippen LogP contribution is 2.38. The third-order valence-electron chi connectivity index (χ3n) is 5.59. The Morgan fingerprint density at radius 3 is 2.54 bits per heavy atom. The fourth-order valence-corrected chi connectivity index (χ4v) is 4.68. The topological polar surface area (TPSA) is 60.9 Å². The minimum atomic E-state index is -0.595. The minimum absolute atomic E-state index is 0.0519. The van der Waals surface area contributed by atoms with Crippen LogP contribution in [0, 0.1) is 5.92 Å². The quantitative estimate of drug-likeness (QED) is 0.833. The zero-order valence-corrected chi connectivity index (χ0v) is 14.2. The second-order valence-corrected chi connectivity index (χ2v) is 7.50. The van der Waals surface area contributed by atoms with Crippen LogP contribution in [0.5, 0.6) is 0 Å². The zero-order chi connectivity index (χ0) is 16.8. The summed E-state index contributed by atoms with van der Waals surface area (Å²) in [5.41, 5.74) is 0.750. The van der Waals surface area contributed by atoms with E-state index < -0.39 is 5.92 Å². The Bertz CT molecular complexity index is 666. The molecular weight excluding hydrogens is 328 g/mol. The maximum Gasteiger partial charge on any atom is 0.239 e. The van der Waals surface area contributed by atoms with Crippen LogP contribution in [0.4, 0.5) is 5.69 Å². The second-order valence-electron chi connectivity index (χ2n) is 7.07. The van der Waals surface area contributed by atoms with Gasteiger partial charge in [0, 0.05) is 29.3 Å². The number of hydrogen-bond acceptors (Lipinski definition) is 3. The molecule has 24 heavy (non-hydrogen) atoms. The van der Waals surface area contributed by atoms with Crippen molar-refractivity contribution < 1.29 is 14.7 Å². The Morgan fingerprint density at radius 2 is 1.88 bits per heavy atom. The lowest BCUT2D eigenvalue weighted by Gasteiger charge is -2.38. The monoisotopic (exact) mass is 348 g/mol. The average molecular weight is 349 g/mol. The normalized spacial score (nSPS) is 32.5. The largest absolute Gasteiger partial charge is 0.393 e. The van der Waals surface area contributed by atoms with Crippen LogP contribution >= 0.6 is 11.6 Å². The molecule has 0 saturated carbocycles. The van der Waals surface area contributed by atoms with Crippen LogP contribution in [0.25, 0.3) is 0 Å². The van der Waals surface area contributed by atoms with Crippen molar-refractivity contribution in [3.63, 3.8) is 0 Å².